The first-order valence-electron chi connectivity index (χ1n) is 6.47. The Morgan fingerprint density at radius 1 is 1.47 bits per heavy atom. The number of carbonyl (C=O) groups is 1. The van der Waals surface area contributed by atoms with Crippen LogP contribution in [-0.2, 0) is 4.79 Å². The molecule has 1 unspecified atom stereocenters. The van der Waals surface area contributed by atoms with Gasteiger partial charge in [0.25, 0.3) is 0 Å². The molecule has 0 radical (unpaired) electrons. The first-order chi connectivity index (χ1) is 9.09. The quantitative estimate of drug-likeness (QED) is 0.882. The molecule has 1 N–H and O–H groups in total. The normalized spacial score (nSPS) is 22.1. The highest BCUT2D eigenvalue weighted by Crippen LogP contribution is 2.34. The topological polar surface area (TPSA) is 62.5 Å². The summed E-state index contributed by atoms with van der Waals surface area (Å²) in [5, 5.41) is 8.71. The van der Waals surface area contributed by atoms with Crippen LogP contribution in [0.3, 0.4) is 0 Å². The average molecular weight is 258 g/mol. The monoisotopic (exact) mass is 258 g/mol. The third-order valence-electron chi connectivity index (χ3n) is 3.38. The fourth-order valence-corrected chi connectivity index (χ4v) is 2.30. The molecule has 2 rings (SSSR count). The van der Waals surface area contributed by atoms with Crippen LogP contribution in [0.4, 0.5) is 0 Å². The number of pyridine rings is 1. The SMILES string of the molecule is CC1(CCCC(=O)O)C=CN=C(c2ccccn2)C1. The molecule has 0 spiro atoms. The van der Waals surface area contributed by atoms with Crippen LogP contribution in [0.5, 0.6) is 0 Å². The fraction of sp³-hybridized carbons (Fsp3) is 0.400. The van der Waals surface area contributed by atoms with E-state index in [-0.39, 0.29) is 11.8 Å². The van der Waals surface area contributed by atoms with Gasteiger partial charge in [-0.25, -0.2) is 0 Å². The third-order valence-corrected chi connectivity index (χ3v) is 3.38. The van der Waals surface area contributed by atoms with Crippen LogP contribution >= 0.6 is 0 Å². The van der Waals surface area contributed by atoms with Crippen LogP contribution in [0, 0.1) is 5.41 Å². The predicted molar refractivity (Wildman–Crippen MR) is 74.1 cm³/mol. The van der Waals surface area contributed by atoms with Gasteiger partial charge in [-0.3, -0.25) is 14.8 Å². The zero-order valence-electron chi connectivity index (χ0n) is 11.0. The Morgan fingerprint density at radius 3 is 3.00 bits per heavy atom. The Morgan fingerprint density at radius 2 is 2.32 bits per heavy atom. The lowest BCUT2D eigenvalue weighted by atomic mass is 9.78. The number of rotatable bonds is 5. The van der Waals surface area contributed by atoms with E-state index in [0.29, 0.717) is 6.42 Å². The third kappa shape index (κ3) is 3.74. The number of aliphatic imine (C=N–C) groups is 1. The Bertz CT molecular complexity index is 508. The van der Waals surface area contributed by atoms with Crippen LogP contribution in [0.2, 0.25) is 0 Å². The second-order valence-electron chi connectivity index (χ2n) is 5.18. The molecule has 4 nitrogen and oxygen atoms in total. The van der Waals surface area contributed by atoms with E-state index in [4.69, 9.17) is 5.11 Å². The van der Waals surface area contributed by atoms with E-state index in [9.17, 15) is 4.79 Å². The second kappa shape index (κ2) is 5.78. The van der Waals surface area contributed by atoms with E-state index in [0.717, 1.165) is 24.2 Å². The van der Waals surface area contributed by atoms with Gasteiger partial charge in [-0.2, -0.15) is 0 Å². The molecule has 1 aliphatic rings. The molecule has 1 atom stereocenters. The van der Waals surface area contributed by atoms with Crippen molar-refractivity contribution < 1.29 is 9.90 Å². The lowest BCUT2D eigenvalue weighted by Crippen LogP contribution is -2.22. The number of aliphatic carboxylic acids is 1. The van der Waals surface area contributed by atoms with E-state index in [2.05, 4.69) is 23.0 Å². The summed E-state index contributed by atoms with van der Waals surface area (Å²) in [6.45, 7) is 2.14. The zero-order chi connectivity index (χ0) is 13.7. The maximum atomic E-state index is 10.6. The van der Waals surface area contributed by atoms with Gasteiger partial charge < -0.3 is 5.11 Å². The van der Waals surface area contributed by atoms with E-state index in [1.54, 1.807) is 6.20 Å². The van der Waals surface area contributed by atoms with Crippen molar-refractivity contribution in [2.24, 2.45) is 10.4 Å². The van der Waals surface area contributed by atoms with Crippen molar-refractivity contribution in [1.82, 2.24) is 4.98 Å². The Balaban J connectivity index is 2.02. The minimum atomic E-state index is -0.734. The van der Waals surface area contributed by atoms with Gasteiger partial charge in [-0.05, 0) is 30.4 Å². The van der Waals surface area contributed by atoms with E-state index < -0.39 is 5.97 Å². The van der Waals surface area contributed by atoms with Crippen LogP contribution < -0.4 is 0 Å². The highest BCUT2D eigenvalue weighted by atomic mass is 16.4. The van der Waals surface area contributed by atoms with E-state index >= 15 is 0 Å². The highest BCUT2D eigenvalue weighted by molar-refractivity contribution is 6.00. The molecule has 0 saturated carbocycles. The fourth-order valence-electron chi connectivity index (χ4n) is 2.30. The Kier molecular flexibility index (Phi) is 4.10. The summed E-state index contributed by atoms with van der Waals surface area (Å²) in [5.74, 6) is -0.734. The highest BCUT2D eigenvalue weighted by Gasteiger charge is 2.26. The van der Waals surface area contributed by atoms with Crippen molar-refractivity contribution in [3.63, 3.8) is 0 Å². The van der Waals surface area contributed by atoms with Crippen LogP contribution in [0.15, 0.2) is 41.7 Å². The van der Waals surface area contributed by atoms with Gasteiger partial charge in [0.05, 0.1) is 11.4 Å². The van der Waals surface area contributed by atoms with Crippen molar-refractivity contribution in [2.45, 2.75) is 32.6 Å². The summed E-state index contributed by atoms with van der Waals surface area (Å²) in [6.07, 6.45) is 8.21. The van der Waals surface area contributed by atoms with Gasteiger partial charge in [0.1, 0.15) is 0 Å². The largest absolute Gasteiger partial charge is 0.481 e. The molecule has 1 aromatic heterocycles. The molecule has 0 bridgehead atoms. The van der Waals surface area contributed by atoms with Crippen molar-refractivity contribution in [1.29, 1.82) is 0 Å². The molecule has 19 heavy (non-hydrogen) atoms. The number of allylic oxidation sites excluding steroid dienone is 1. The Labute approximate surface area is 112 Å². The lowest BCUT2D eigenvalue weighted by molar-refractivity contribution is -0.137. The van der Waals surface area contributed by atoms with Crippen molar-refractivity contribution >= 4 is 11.7 Å². The maximum absolute atomic E-state index is 10.6. The van der Waals surface area contributed by atoms with Crippen molar-refractivity contribution in [3.05, 3.63) is 42.4 Å². The molecular formula is C15H18N2O2. The standard InChI is InChI=1S/C15H18N2O2/c1-15(7-4-6-14(18)19)8-10-17-13(11-15)12-5-2-3-9-16-12/h2-3,5,8-10H,4,6-7,11H2,1H3,(H,18,19). The van der Waals surface area contributed by atoms with Gasteiger partial charge >= 0.3 is 5.97 Å². The van der Waals surface area contributed by atoms with Crippen LogP contribution in [0.25, 0.3) is 0 Å². The van der Waals surface area contributed by atoms with E-state index in [1.807, 2.05) is 24.4 Å². The van der Waals surface area contributed by atoms with Gasteiger partial charge in [-0.15, -0.1) is 0 Å². The molecule has 1 aliphatic heterocycles. The average Bonchev–Trinajstić information content (AvgIpc) is 2.39. The van der Waals surface area contributed by atoms with Crippen LogP contribution in [0.1, 0.15) is 38.3 Å². The summed E-state index contributed by atoms with van der Waals surface area (Å²) in [6, 6.07) is 5.79. The number of aromatic nitrogens is 1. The van der Waals surface area contributed by atoms with Crippen LogP contribution in [-0.4, -0.2) is 21.8 Å². The van der Waals surface area contributed by atoms with Crippen molar-refractivity contribution in [2.75, 3.05) is 0 Å². The minimum absolute atomic E-state index is 0.0238. The maximum Gasteiger partial charge on any atom is 0.303 e. The van der Waals surface area contributed by atoms with Crippen molar-refractivity contribution in [3.8, 4) is 0 Å². The lowest BCUT2D eigenvalue weighted by Gasteiger charge is -2.28. The zero-order valence-corrected chi connectivity index (χ0v) is 11.0. The minimum Gasteiger partial charge on any atom is -0.481 e. The first kappa shape index (κ1) is 13.5. The number of hydrogen-bond acceptors (Lipinski definition) is 3. The number of nitrogens with zero attached hydrogens (tertiary/aromatic N) is 2. The predicted octanol–water partition coefficient (Wildman–Crippen LogP) is 3.05. The smallest absolute Gasteiger partial charge is 0.303 e. The first-order valence-corrected chi connectivity index (χ1v) is 6.47. The molecule has 0 amide bonds. The molecule has 2 heterocycles. The Hall–Kier alpha value is -1.97. The summed E-state index contributed by atoms with van der Waals surface area (Å²) in [4.78, 5) is 19.3. The van der Waals surface area contributed by atoms with Gasteiger partial charge in [0, 0.05) is 25.2 Å². The number of carboxylic acid groups (broad SMARTS) is 1. The summed E-state index contributed by atoms with van der Waals surface area (Å²) < 4.78 is 0. The van der Waals surface area contributed by atoms with Gasteiger partial charge in [-0.1, -0.05) is 19.1 Å². The molecule has 100 valence electrons. The summed E-state index contributed by atoms with van der Waals surface area (Å²) >= 11 is 0. The number of carboxylic acids is 1. The number of hydrogen-bond donors (Lipinski definition) is 1. The molecular weight excluding hydrogens is 240 g/mol. The van der Waals surface area contributed by atoms with Gasteiger partial charge in [0.15, 0.2) is 0 Å². The second-order valence-corrected chi connectivity index (χ2v) is 5.18. The summed E-state index contributed by atoms with van der Waals surface area (Å²) in [7, 11) is 0. The molecule has 4 heteroatoms. The molecule has 0 aliphatic carbocycles. The summed E-state index contributed by atoms with van der Waals surface area (Å²) in [5.41, 5.74) is 1.85. The molecule has 0 aromatic carbocycles. The van der Waals surface area contributed by atoms with E-state index in [1.165, 1.54) is 0 Å². The van der Waals surface area contributed by atoms with Gasteiger partial charge in [0.2, 0.25) is 0 Å². The molecule has 1 aromatic rings. The molecule has 0 fully saturated rings. The molecule has 0 saturated heterocycles.